The minimum atomic E-state index is -0.335. The Balaban J connectivity index is 2.01. The summed E-state index contributed by atoms with van der Waals surface area (Å²) < 4.78 is 10.6. The molecule has 1 aliphatic heterocycles. The summed E-state index contributed by atoms with van der Waals surface area (Å²) in [5, 5.41) is 0. The van der Waals surface area contributed by atoms with E-state index < -0.39 is 0 Å². The number of terminal acetylenes is 1. The molecule has 1 aromatic rings. The molecule has 0 aromatic carbocycles. The van der Waals surface area contributed by atoms with Crippen LogP contribution in [0.1, 0.15) is 18.6 Å². The van der Waals surface area contributed by atoms with Crippen LogP contribution < -0.4 is 0 Å². The third-order valence-corrected chi connectivity index (χ3v) is 2.73. The summed E-state index contributed by atoms with van der Waals surface area (Å²) in [7, 11) is 0. The van der Waals surface area contributed by atoms with Crippen molar-refractivity contribution in [3.8, 4) is 12.3 Å². The summed E-state index contributed by atoms with van der Waals surface area (Å²) >= 11 is 0. The van der Waals surface area contributed by atoms with Crippen molar-refractivity contribution in [3.05, 3.63) is 24.2 Å². The molecule has 0 aliphatic carbocycles. The summed E-state index contributed by atoms with van der Waals surface area (Å²) in [5.41, 5.74) is 0. The normalized spacial score (nSPS) is 18.9. The lowest BCUT2D eigenvalue weighted by Gasteiger charge is -2.22. The summed E-state index contributed by atoms with van der Waals surface area (Å²) in [6.45, 7) is 1.33. The standard InChI is InChI=1S/C13H15NO3/c1-2-7-14(10-11-5-3-8-16-11)13(15)12-6-4-9-17-12/h1,3,5,8,12H,4,6-7,9-10H2. The maximum atomic E-state index is 12.1. The van der Waals surface area contributed by atoms with Gasteiger partial charge >= 0.3 is 0 Å². The van der Waals surface area contributed by atoms with E-state index in [1.165, 1.54) is 0 Å². The second-order valence-electron chi connectivity index (χ2n) is 3.98. The minimum absolute atomic E-state index is 0.0446. The Labute approximate surface area is 101 Å². The largest absolute Gasteiger partial charge is 0.467 e. The Hall–Kier alpha value is -1.73. The van der Waals surface area contributed by atoms with Crippen molar-refractivity contribution in [2.45, 2.75) is 25.5 Å². The molecule has 0 spiro atoms. The van der Waals surface area contributed by atoms with Crippen LogP contribution in [-0.2, 0) is 16.1 Å². The van der Waals surface area contributed by atoms with Gasteiger partial charge in [0, 0.05) is 6.61 Å². The van der Waals surface area contributed by atoms with Gasteiger partial charge in [-0.3, -0.25) is 4.79 Å². The van der Waals surface area contributed by atoms with Crippen molar-refractivity contribution in [3.63, 3.8) is 0 Å². The number of hydrogen-bond donors (Lipinski definition) is 0. The molecule has 1 aromatic heterocycles. The molecule has 90 valence electrons. The highest BCUT2D eigenvalue weighted by Crippen LogP contribution is 2.16. The van der Waals surface area contributed by atoms with Crippen molar-refractivity contribution in [1.82, 2.24) is 4.90 Å². The second-order valence-corrected chi connectivity index (χ2v) is 3.98. The first-order chi connectivity index (χ1) is 8.31. The van der Waals surface area contributed by atoms with Crippen LogP contribution >= 0.6 is 0 Å². The van der Waals surface area contributed by atoms with E-state index in [1.807, 2.05) is 6.07 Å². The predicted octanol–water partition coefficient (Wildman–Crippen LogP) is 1.42. The molecule has 1 unspecified atom stereocenters. The highest BCUT2D eigenvalue weighted by molar-refractivity contribution is 5.81. The van der Waals surface area contributed by atoms with E-state index in [1.54, 1.807) is 17.2 Å². The molecule has 2 rings (SSSR count). The molecule has 1 atom stereocenters. The van der Waals surface area contributed by atoms with Gasteiger partial charge in [-0.1, -0.05) is 5.92 Å². The van der Waals surface area contributed by atoms with E-state index in [9.17, 15) is 4.79 Å². The van der Waals surface area contributed by atoms with E-state index in [2.05, 4.69) is 5.92 Å². The number of carbonyl (C=O) groups is 1. The van der Waals surface area contributed by atoms with Crippen molar-refractivity contribution in [2.24, 2.45) is 0 Å². The van der Waals surface area contributed by atoms with Crippen LogP contribution in [0.25, 0.3) is 0 Å². The number of nitrogens with zero attached hydrogens (tertiary/aromatic N) is 1. The summed E-state index contributed by atoms with van der Waals surface area (Å²) in [6.07, 6.45) is 8.24. The summed E-state index contributed by atoms with van der Waals surface area (Å²) in [6, 6.07) is 3.62. The monoisotopic (exact) mass is 233 g/mol. The van der Waals surface area contributed by atoms with Gasteiger partial charge in [-0.2, -0.15) is 0 Å². The van der Waals surface area contributed by atoms with Crippen LogP contribution in [0.3, 0.4) is 0 Å². The Morgan fingerprint density at radius 1 is 1.65 bits per heavy atom. The first-order valence-electron chi connectivity index (χ1n) is 5.67. The number of furan rings is 1. The van der Waals surface area contributed by atoms with Gasteiger partial charge in [0.25, 0.3) is 5.91 Å². The topological polar surface area (TPSA) is 42.7 Å². The quantitative estimate of drug-likeness (QED) is 0.739. The van der Waals surface area contributed by atoms with E-state index >= 15 is 0 Å². The van der Waals surface area contributed by atoms with Gasteiger partial charge in [-0.25, -0.2) is 0 Å². The van der Waals surface area contributed by atoms with Crippen LogP contribution in [0, 0.1) is 12.3 Å². The number of amides is 1. The predicted molar refractivity (Wildman–Crippen MR) is 61.9 cm³/mol. The van der Waals surface area contributed by atoms with Gasteiger partial charge in [-0.05, 0) is 25.0 Å². The Bertz CT molecular complexity index is 399. The van der Waals surface area contributed by atoms with Crippen molar-refractivity contribution < 1.29 is 13.9 Å². The molecule has 0 bridgehead atoms. The molecular formula is C13H15NO3. The lowest BCUT2D eigenvalue weighted by Crippen LogP contribution is -2.38. The second kappa shape index (κ2) is 5.55. The number of rotatable bonds is 4. The van der Waals surface area contributed by atoms with Crippen molar-refractivity contribution >= 4 is 5.91 Å². The summed E-state index contributed by atoms with van der Waals surface area (Å²) in [4.78, 5) is 13.7. The average molecular weight is 233 g/mol. The van der Waals surface area contributed by atoms with Crippen LogP contribution in [0.2, 0.25) is 0 Å². The Morgan fingerprint density at radius 2 is 2.53 bits per heavy atom. The maximum absolute atomic E-state index is 12.1. The van der Waals surface area contributed by atoms with Crippen LogP contribution in [0.15, 0.2) is 22.8 Å². The third kappa shape index (κ3) is 2.89. The number of carbonyl (C=O) groups excluding carboxylic acids is 1. The van der Waals surface area contributed by atoms with Crippen LogP contribution in [0.4, 0.5) is 0 Å². The van der Waals surface area contributed by atoms with Gasteiger partial charge in [0.2, 0.25) is 0 Å². The molecule has 1 amide bonds. The fraction of sp³-hybridized carbons (Fsp3) is 0.462. The Morgan fingerprint density at radius 3 is 3.12 bits per heavy atom. The van der Waals surface area contributed by atoms with Gasteiger partial charge in [0.15, 0.2) is 0 Å². The zero-order valence-corrected chi connectivity index (χ0v) is 9.59. The first-order valence-corrected chi connectivity index (χ1v) is 5.67. The molecule has 4 nitrogen and oxygen atoms in total. The van der Waals surface area contributed by atoms with E-state index in [4.69, 9.17) is 15.6 Å². The fourth-order valence-electron chi connectivity index (χ4n) is 1.89. The molecule has 1 saturated heterocycles. The van der Waals surface area contributed by atoms with Crippen LogP contribution in [0.5, 0.6) is 0 Å². The molecule has 1 fully saturated rings. The lowest BCUT2D eigenvalue weighted by molar-refractivity contribution is -0.141. The number of ether oxygens (including phenoxy) is 1. The van der Waals surface area contributed by atoms with Gasteiger partial charge in [0.1, 0.15) is 11.9 Å². The smallest absolute Gasteiger partial charge is 0.252 e. The molecule has 4 heteroatoms. The first kappa shape index (κ1) is 11.7. The highest BCUT2D eigenvalue weighted by Gasteiger charge is 2.28. The number of hydrogen-bond acceptors (Lipinski definition) is 3. The average Bonchev–Trinajstić information content (AvgIpc) is 3.00. The van der Waals surface area contributed by atoms with Crippen LogP contribution in [-0.4, -0.2) is 30.1 Å². The van der Waals surface area contributed by atoms with Crippen molar-refractivity contribution in [1.29, 1.82) is 0 Å². The zero-order chi connectivity index (χ0) is 12.1. The van der Waals surface area contributed by atoms with Gasteiger partial charge in [0.05, 0.1) is 19.4 Å². The van der Waals surface area contributed by atoms with Crippen molar-refractivity contribution in [2.75, 3.05) is 13.2 Å². The zero-order valence-electron chi connectivity index (χ0n) is 9.59. The lowest BCUT2D eigenvalue weighted by atomic mass is 10.2. The van der Waals surface area contributed by atoms with E-state index in [0.29, 0.717) is 13.2 Å². The molecule has 17 heavy (non-hydrogen) atoms. The minimum Gasteiger partial charge on any atom is -0.467 e. The highest BCUT2D eigenvalue weighted by atomic mass is 16.5. The van der Waals surface area contributed by atoms with Gasteiger partial charge in [-0.15, -0.1) is 6.42 Å². The van der Waals surface area contributed by atoms with E-state index in [0.717, 1.165) is 18.6 Å². The molecule has 0 N–H and O–H groups in total. The molecule has 0 saturated carbocycles. The summed E-state index contributed by atoms with van der Waals surface area (Å²) in [5.74, 6) is 3.18. The third-order valence-electron chi connectivity index (χ3n) is 2.73. The van der Waals surface area contributed by atoms with E-state index in [-0.39, 0.29) is 18.6 Å². The molecule has 2 heterocycles. The fourth-order valence-corrected chi connectivity index (χ4v) is 1.89. The molecule has 0 radical (unpaired) electrons. The maximum Gasteiger partial charge on any atom is 0.252 e. The molecular weight excluding hydrogens is 218 g/mol. The van der Waals surface area contributed by atoms with Gasteiger partial charge < -0.3 is 14.1 Å². The Kier molecular flexibility index (Phi) is 3.84. The SMILES string of the molecule is C#CCN(Cc1ccco1)C(=O)C1CCCO1. The molecule has 1 aliphatic rings.